The Bertz CT molecular complexity index is 571. The molecule has 0 spiro atoms. The molecule has 0 radical (unpaired) electrons. The summed E-state index contributed by atoms with van der Waals surface area (Å²) in [6.45, 7) is 8.73. The molecule has 0 aromatic heterocycles. The van der Waals surface area contributed by atoms with E-state index in [9.17, 15) is 0 Å². The second kappa shape index (κ2) is 8.12. The maximum Gasteiger partial charge on any atom is 0.0281 e. The first-order chi connectivity index (χ1) is 10.6. The molecule has 1 nitrogen and oxygen atoms in total. The van der Waals surface area contributed by atoms with Crippen LogP contribution >= 0.6 is 0 Å². The SMILES string of the molecule is C=C(C=NC)/C(=C(\C)CC1CCCCC1)c1ccccc1C. The third-order valence-corrected chi connectivity index (χ3v) is 4.77. The number of hydrogen-bond acceptors (Lipinski definition) is 1. The summed E-state index contributed by atoms with van der Waals surface area (Å²) in [4.78, 5) is 4.18. The molecule has 0 atom stereocenters. The maximum atomic E-state index is 4.27. The molecule has 1 aliphatic carbocycles. The van der Waals surface area contributed by atoms with E-state index in [1.807, 2.05) is 13.3 Å². The number of rotatable bonds is 5. The van der Waals surface area contributed by atoms with E-state index in [-0.39, 0.29) is 0 Å². The lowest BCUT2D eigenvalue weighted by Gasteiger charge is -2.24. The van der Waals surface area contributed by atoms with Crippen molar-refractivity contribution < 1.29 is 0 Å². The average Bonchev–Trinajstić information content (AvgIpc) is 2.51. The van der Waals surface area contributed by atoms with Crippen LogP contribution in [0.25, 0.3) is 5.57 Å². The first-order valence-corrected chi connectivity index (χ1v) is 8.50. The Kier molecular flexibility index (Phi) is 6.18. The third kappa shape index (κ3) is 4.19. The van der Waals surface area contributed by atoms with Gasteiger partial charge < -0.3 is 0 Å². The van der Waals surface area contributed by atoms with Crippen LogP contribution in [0.2, 0.25) is 0 Å². The Morgan fingerprint density at radius 2 is 1.91 bits per heavy atom. The van der Waals surface area contributed by atoms with Crippen LogP contribution in [0.1, 0.15) is 56.6 Å². The molecule has 1 aromatic rings. The van der Waals surface area contributed by atoms with Gasteiger partial charge in [0.25, 0.3) is 0 Å². The summed E-state index contributed by atoms with van der Waals surface area (Å²) in [5, 5.41) is 0. The topological polar surface area (TPSA) is 12.4 Å². The van der Waals surface area contributed by atoms with Gasteiger partial charge in [0, 0.05) is 13.3 Å². The van der Waals surface area contributed by atoms with Crippen LogP contribution in [0.3, 0.4) is 0 Å². The van der Waals surface area contributed by atoms with Gasteiger partial charge in [-0.25, -0.2) is 0 Å². The first-order valence-electron chi connectivity index (χ1n) is 8.50. The van der Waals surface area contributed by atoms with Crippen molar-refractivity contribution in [1.29, 1.82) is 0 Å². The van der Waals surface area contributed by atoms with Crippen LogP contribution in [0.5, 0.6) is 0 Å². The molecular formula is C21H29N. The zero-order chi connectivity index (χ0) is 15.9. The van der Waals surface area contributed by atoms with Gasteiger partial charge in [0.2, 0.25) is 0 Å². The quantitative estimate of drug-likeness (QED) is 0.467. The van der Waals surface area contributed by atoms with E-state index < -0.39 is 0 Å². The Morgan fingerprint density at radius 3 is 2.55 bits per heavy atom. The van der Waals surface area contributed by atoms with Crippen LogP contribution in [0, 0.1) is 12.8 Å². The minimum atomic E-state index is 0.846. The molecule has 0 heterocycles. The summed E-state index contributed by atoms with van der Waals surface area (Å²) >= 11 is 0. The highest BCUT2D eigenvalue weighted by molar-refractivity contribution is 6.01. The zero-order valence-electron chi connectivity index (χ0n) is 14.4. The van der Waals surface area contributed by atoms with Gasteiger partial charge in [0.15, 0.2) is 0 Å². The third-order valence-electron chi connectivity index (χ3n) is 4.77. The average molecular weight is 295 g/mol. The van der Waals surface area contributed by atoms with Crippen LogP contribution in [0.15, 0.2) is 47.0 Å². The number of benzene rings is 1. The minimum absolute atomic E-state index is 0.846. The number of hydrogen-bond donors (Lipinski definition) is 0. The van der Waals surface area contributed by atoms with Gasteiger partial charge in [0.05, 0.1) is 0 Å². The number of allylic oxidation sites excluding steroid dienone is 3. The minimum Gasteiger partial charge on any atom is -0.296 e. The largest absolute Gasteiger partial charge is 0.296 e. The summed E-state index contributed by atoms with van der Waals surface area (Å²) in [6.07, 6.45) is 10.1. The molecule has 1 aliphatic rings. The lowest BCUT2D eigenvalue weighted by Crippen LogP contribution is -2.08. The molecule has 0 saturated heterocycles. The van der Waals surface area contributed by atoms with Gasteiger partial charge in [-0.05, 0) is 48.5 Å². The van der Waals surface area contributed by atoms with Gasteiger partial charge in [-0.15, -0.1) is 0 Å². The van der Waals surface area contributed by atoms with Crippen molar-refractivity contribution in [2.75, 3.05) is 7.05 Å². The smallest absolute Gasteiger partial charge is 0.0281 e. The summed E-state index contributed by atoms with van der Waals surface area (Å²) in [7, 11) is 1.82. The van der Waals surface area contributed by atoms with E-state index in [0.717, 1.165) is 11.5 Å². The first kappa shape index (κ1) is 16.7. The second-order valence-electron chi connectivity index (χ2n) is 6.59. The van der Waals surface area contributed by atoms with E-state index in [2.05, 4.69) is 49.7 Å². The van der Waals surface area contributed by atoms with Gasteiger partial charge in [0.1, 0.15) is 0 Å². The molecule has 1 fully saturated rings. The number of aliphatic imine (C=N–C) groups is 1. The summed E-state index contributed by atoms with van der Waals surface area (Å²) < 4.78 is 0. The zero-order valence-corrected chi connectivity index (χ0v) is 14.4. The van der Waals surface area contributed by atoms with E-state index in [4.69, 9.17) is 0 Å². The highest BCUT2D eigenvalue weighted by atomic mass is 14.6. The predicted molar refractivity (Wildman–Crippen MR) is 98.5 cm³/mol. The monoisotopic (exact) mass is 295 g/mol. The van der Waals surface area contributed by atoms with Crippen LogP contribution in [-0.2, 0) is 0 Å². The van der Waals surface area contributed by atoms with Crippen molar-refractivity contribution in [1.82, 2.24) is 0 Å². The van der Waals surface area contributed by atoms with Crippen molar-refractivity contribution in [2.24, 2.45) is 10.9 Å². The predicted octanol–water partition coefficient (Wildman–Crippen LogP) is 6.00. The second-order valence-corrected chi connectivity index (χ2v) is 6.59. The van der Waals surface area contributed by atoms with E-state index in [1.54, 1.807) is 0 Å². The van der Waals surface area contributed by atoms with Crippen LogP contribution < -0.4 is 0 Å². The molecule has 2 rings (SSSR count). The molecule has 1 heteroatoms. The fourth-order valence-electron chi connectivity index (χ4n) is 3.68. The van der Waals surface area contributed by atoms with Gasteiger partial charge in [-0.1, -0.05) is 68.5 Å². The Morgan fingerprint density at radius 1 is 1.23 bits per heavy atom. The molecule has 0 amide bonds. The fourth-order valence-corrected chi connectivity index (χ4v) is 3.68. The highest BCUT2D eigenvalue weighted by Gasteiger charge is 2.17. The molecule has 0 aliphatic heterocycles. The Hall–Kier alpha value is -1.63. The summed E-state index contributed by atoms with van der Waals surface area (Å²) in [6, 6.07) is 8.61. The van der Waals surface area contributed by atoms with Gasteiger partial charge >= 0.3 is 0 Å². The standard InChI is InChI=1S/C21H29N/c1-16-10-8-9-13-20(16)21(18(3)15-22-4)17(2)14-19-11-6-5-7-12-19/h8-10,13,15,19H,3,5-7,11-12,14H2,1-2,4H3/b21-17-,22-15?. The van der Waals surface area contributed by atoms with Crippen LogP contribution in [0.4, 0.5) is 0 Å². The van der Waals surface area contributed by atoms with Gasteiger partial charge in [-0.2, -0.15) is 0 Å². The van der Waals surface area contributed by atoms with Crippen molar-refractivity contribution in [3.63, 3.8) is 0 Å². The van der Waals surface area contributed by atoms with Crippen molar-refractivity contribution in [3.8, 4) is 0 Å². The number of aryl methyl sites for hydroxylation is 1. The van der Waals surface area contributed by atoms with Crippen molar-refractivity contribution in [3.05, 3.63) is 53.1 Å². The molecule has 118 valence electrons. The highest BCUT2D eigenvalue weighted by Crippen LogP contribution is 2.34. The molecule has 0 N–H and O–H groups in total. The normalized spacial score (nSPS) is 17.6. The maximum absolute atomic E-state index is 4.27. The Labute approximate surface area is 135 Å². The van der Waals surface area contributed by atoms with E-state index >= 15 is 0 Å². The summed E-state index contributed by atoms with van der Waals surface area (Å²) in [5.41, 5.74) is 6.41. The number of nitrogens with zero attached hydrogens (tertiary/aromatic N) is 1. The van der Waals surface area contributed by atoms with Crippen molar-refractivity contribution >= 4 is 11.8 Å². The lowest BCUT2D eigenvalue weighted by atomic mass is 9.82. The molecule has 22 heavy (non-hydrogen) atoms. The van der Waals surface area contributed by atoms with Crippen molar-refractivity contribution in [2.45, 2.75) is 52.4 Å². The van der Waals surface area contributed by atoms with Crippen LogP contribution in [-0.4, -0.2) is 13.3 Å². The van der Waals surface area contributed by atoms with E-state index in [1.165, 1.54) is 60.8 Å². The molecule has 1 aromatic carbocycles. The molecular weight excluding hydrogens is 266 g/mol. The molecule has 0 unspecified atom stereocenters. The van der Waals surface area contributed by atoms with E-state index in [0.29, 0.717) is 0 Å². The van der Waals surface area contributed by atoms with Gasteiger partial charge in [-0.3, -0.25) is 4.99 Å². The Balaban J connectivity index is 2.36. The fraction of sp³-hybridized carbons (Fsp3) is 0.476. The lowest BCUT2D eigenvalue weighted by molar-refractivity contribution is 0.356. The molecule has 1 saturated carbocycles. The molecule has 0 bridgehead atoms. The summed E-state index contributed by atoms with van der Waals surface area (Å²) in [5.74, 6) is 0.846.